The second kappa shape index (κ2) is 8.62. The second-order valence-corrected chi connectivity index (χ2v) is 5.40. The predicted octanol–water partition coefficient (Wildman–Crippen LogP) is 3.04. The van der Waals surface area contributed by atoms with E-state index in [0.717, 1.165) is 0 Å². The van der Waals surface area contributed by atoms with Crippen molar-refractivity contribution in [2.24, 2.45) is 0 Å². The van der Waals surface area contributed by atoms with E-state index in [-0.39, 0.29) is 23.7 Å². The van der Waals surface area contributed by atoms with Crippen molar-refractivity contribution in [1.29, 1.82) is 0 Å². The molecule has 0 aromatic heterocycles. The van der Waals surface area contributed by atoms with Gasteiger partial charge in [-0.15, -0.1) is 0 Å². The smallest absolute Gasteiger partial charge is 0.337 e. The van der Waals surface area contributed by atoms with Gasteiger partial charge in [0, 0.05) is 5.56 Å². The normalized spacial score (nSPS) is 10.5. The highest BCUT2D eigenvalue weighted by atomic mass is 16.5. The minimum atomic E-state index is -0.493. The van der Waals surface area contributed by atoms with E-state index < -0.39 is 5.97 Å². The van der Waals surface area contributed by atoms with Crippen molar-refractivity contribution in [3.63, 3.8) is 0 Å². The Kier molecular flexibility index (Phi) is 6.27. The van der Waals surface area contributed by atoms with Crippen molar-refractivity contribution in [3.8, 4) is 11.5 Å². The van der Waals surface area contributed by atoms with Gasteiger partial charge in [-0.2, -0.15) is 0 Å². The summed E-state index contributed by atoms with van der Waals surface area (Å²) in [6, 6.07) is 10.6. The standard InChI is InChI=1S/C20H18O6/c1-25-19-11-13(4-10-17(19)22)3-9-16(21)12-18(23)14-5-7-15(8-6-14)20(24)26-2/h3-11,22H,12H2,1-2H3/b9-3+. The number of esters is 1. The Morgan fingerprint density at radius 3 is 2.27 bits per heavy atom. The lowest BCUT2D eigenvalue weighted by Crippen LogP contribution is -2.07. The van der Waals surface area contributed by atoms with Gasteiger partial charge in [0.1, 0.15) is 0 Å². The number of hydrogen-bond acceptors (Lipinski definition) is 6. The Hall–Kier alpha value is -3.41. The van der Waals surface area contributed by atoms with Gasteiger partial charge in [0.05, 0.1) is 26.2 Å². The molecule has 0 radical (unpaired) electrons. The molecule has 2 rings (SSSR count). The highest BCUT2D eigenvalue weighted by Crippen LogP contribution is 2.26. The average molecular weight is 354 g/mol. The van der Waals surface area contributed by atoms with E-state index in [1.807, 2.05) is 0 Å². The zero-order valence-corrected chi connectivity index (χ0v) is 14.4. The van der Waals surface area contributed by atoms with Crippen molar-refractivity contribution < 1.29 is 29.0 Å². The van der Waals surface area contributed by atoms with Crippen LogP contribution in [0.3, 0.4) is 0 Å². The first-order chi connectivity index (χ1) is 12.4. The number of rotatable bonds is 7. The first-order valence-corrected chi connectivity index (χ1v) is 7.74. The minimum Gasteiger partial charge on any atom is -0.504 e. The van der Waals surface area contributed by atoms with Crippen molar-refractivity contribution in [1.82, 2.24) is 0 Å². The number of ether oxygens (including phenoxy) is 2. The Morgan fingerprint density at radius 2 is 1.65 bits per heavy atom. The monoisotopic (exact) mass is 354 g/mol. The quantitative estimate of drug-likeness (QED) is 0.356. The molecule has 0 spiro atoms. The number of methoxy groups -OCH3 is 2. The first kappa shape index (κ1) is 18.9. The van der Waals surface area contributed by atoms with Gasteiger partial charge in [0.25, 0.3) is 0 Å². The van der Waals surface area contributed by atoms with Gasteiger partial charge in [-0.25, -0.2) is 4.79 Å². The molecular formula is C20H18O6. The molecule has 0 unspecified atom stereocenters. The summed E-state index contributed by atoms with van der Waals surface area (Å²) in [7, 11) is 2.70. The van der Waals surface area contributed by atoms with Gasteiger partial charge >= 0.3 is 5.97 Å². The number of aromatic hydroxyl groups is 1. The molecule has 0 atom stereocenters. The highest BCUT2D eigenvalue weighted by Gasteiger charge is 2.12. The lowest BCUT2D eigenvalue weighted by Gasteiger charge is -2.03. The largest absolute Gasteiger partial charge is 0.504 e. The topological polar surface area (TPSA) is 89.9 Å². The molecule has 0 aliphatic heterocycles. The number of allylic oxidation sites excluding steroid dienone is 1. The molecule has 1 N–H and O–H groups in total. The first-order valence-electron chi connectivity index (χ1n) is 7.74. The summed E-state index contributed by atoms with van der Waals surface area (Å²) in [6.45, 7) is 0. The van der Waals surface area contributed by atoms with Gasteiger partial charge in [-0.1, -0.05) is 24.3 Å². The van der Waals surface area contributed by atoms with Gasteiger partial charge in [-0.05, 0) is 35.9 Å². The maximum absolute atomic E-state index is 12.1. The number of ketones is 2. The molecule has 6 heteroatoms. The molecule has 2 aromatic rings. The number of phenols is 1. The van der Waals surface area contributed by atoms with Crippen LogP contribution in [-0.4, -0.2) is 36.9 Å². The molecule has 0 fully saturated rings. The van der Waals surface area contributed by atoms with Gasteiger partial charge < -0.3 is 14.6 Å². The summed E-state index contributed by atoms with van der Waals surface area (Å²) < 4.78 is 9.58. The molecule has 0 heterocycles. The molecule has 26 heavy (non-hydrogen) atoms. The molecule has 0 amide bonds. The lowest BCUT2D eigenvalue weighted by atomic mass is 10.0. The molecular weight excluding hydrogens is 336 g/mol. The van der Waals surface area contributed by atoms with Crippen molar-refractivity contribution in [3.05, 3.63) is 65.2 Å². The second-order valence-electron chi connectivity index (χ2n) is 5.40. The van der Waals surface area contributed by atoms with Crippen LogP contribution in [0.15, 0.2) is 48.5 Å². The van der Waals surface area contributed by atoms with Crippen LogP contribution in [0, 0.1) is 0 Å². The van der Waals surface area contributed by atoms with Crippen molar-refractivity contribution >= 4 is 23.6 Å². The number of carbonyl (C=O) groups excluding carboxylic acids is 3. The summed E-state index contributed by atoms with van der Waals surface area (Å²) >= 11 is 0. The fourth-order valence-corrected chi connectivity index (χ4v) is 2.22. The number of Topliss-reactive ketones (excluding diaryl/α,β-unsaturated/α-hetero) is 1. The molecule has 0 saturated carbocycles. The third-order valence-corrected chi connectivity index (χ3v) is 3.63. The molecule has 0 bridgehead atoms. The summed E-state index contributed by atoms with van der Waals surface area (Å²) in [5.41, 5.74) is 1.32. The summed E-state index contributed by atoms with van der Waals surface area (Å²) in [5.74, 6) is -0.909. The number of carbonyl (C=O) groups is 3. The Morgan fingerprint density at radius 1 is 1.00 bits per heavy atom. The number of benzene rings is 2. The van der Waals surface area contributed by atoms with E-state index in [1.165, 1.54) is 56.7 Å². The van der Waals surface area contributed by atoms with E-state index in [0.29, 0.717) is 22.4 Å². The maximum atomic E-state index is 12.1. The highest BCUT2D eigenvalue weighted by molar-refractivity contribution is 6.12. The third kappa shape index (κ3) is 4.80. The fraction of sp³-hybridized carbons (Fsp3) is 0.150. The van der Waals surface area contributed by atoms with Crippen LogP contribution in [0.5, 0.6) is 11.5 Å². The number of hydrogen-bond donors (Lipinski definition) is 1. The summed E-state index contributed by atoms with van der Waals surface area (Å²) in [4.78, 5) is 35.5. The van der Waals surface area contributed by atoms with Crippen molar-refractivity contribution in [2.75, 3.05) is 14.2 Å². The molecule has 2 aromatic carbocycles. The molecule has 0 aliphatic carbocycles. The average Bonchev–Trinajstić information content (AvgIpc) is 2.66. The molecule has 0 aliphatic rings. The van der Waals surface area contributed by atoms with Crippen LogP contribution >= 0.6 is 0 Å². The van der Waals surface area contributed by atoms with E-state index in [4.69, 9.17) is 4.74 Å². The third-order valence-electron chi connectivity index (χ3n) is 3.63. The summed E-state index contributed by atoms with van der Waals surface area (Å²) in [5, 5.41) is 9.54. The molecule has 0 saturated heterocycles. The minimum absolute atomic E-state index is 0.00144. The van der Waals surface area contributed by atoms with Crippen molar-refractivity contribution in [2.45, 2.75) is 6.42 Å². The van der Waals surface area contributed by atoms with E-state index in [9.17, 15) is 19.5 Å². The van der Waals surface area contributed by atoms with Crippen LogP contribution < -0.4 is 4.74 Å². The molecule has 6 nitrogen and oxygen atoms in total. The van der Waals surface area contributed by atoms with Gasteiger partial charge in [0.2, 0.25) is 0 Å². The predicted molar refractivity (Wildman–Crippen MR) is 95.4 cm³/mol. The Labute approximate surface area is 150 Å². The van der Waals surface area contributed by atoms with E-state index in [2.05, 4.69) is 4.74 Å². The summed E-state index contributed by atoms with van der Waals surface area (Å²) in [6.07, 6.45) is 2.55. The zero-order valence-electron chi connectivity index (χ0n) is 14.4. The fourth-order valence-electron chi connectivity index (χ4n) is 2.22. The zero-order chi connectivity index (χ0) is 19.1. The van der Waals surface area contributed by atoms with E-state index >= 15 is 0 Å². The lowest BCUT2D eigenvalue weighted by molar-refractivity contribution is -0.113. The Balaban J connectivity index is 2.00. The van der Waals surface area contributed by atoms with Crippen LogP contribution in [0.4, 0.5) is 0 Å². The SMILES string of the molecule is COC(=O)c1ccc(C(=O)CC(=O)/C=C/c2ccc(O)c(OC)c2)cc1. The maximum Gasteiger partial charge on any atom is 0.337 e. The van der Waals surface area contributed by atoms with Crippen LogP contribution in [0.25, 0.3) is 6.08 Å². The number of phenolic OH excluding ortho intramolecular Hbond substituents is 1. The van der Waals surface area contributed by atoms with Crippen LogP contribution in [-0.2, 0) is 9.53 Å². The Bertz CT molecular complexity index is 849. The van der Waals surface area contributed by atoms with Gasteiger partial charge in [-0.3, -0.25) is 9.59 Å². The van der Waals surface area contributed by atoms with E-state index in [1.54, 1.807) is 12.1 Å². The molecule has 134 valence electrons. The van der Waals surface area contributed by atoms with Gasteiger partial charge in [0.15, 0.2) is 23.1 Å². The van der Waals surface area contributed by atoms with Crippen LogP contribution in [0.2, 0.25) is 0 Å². The van der Waals surface area contributed by atoms with Crippen LogP contribution in [0.1, 0.15) is 32.7 Å².